The maximum atomic E-state index is 11.5. The molecule has 2 fully saturated rings. The zero-order chi connectivity index (χ0) is 13.3. The first-order chi connectivity index (χ1) is 9.16. The van der Waals surface area contributed by atoms with Crippen molar-refractivity contribution in [1.29, 1.82) is 0 Å². The topological polar surface area (TPSA) is 50.8 Å². The number of amides is 1. The summed E-state index contributed by atoms with van der Waals surface area (Å²) in [5.74, 6) is 0. The van der Waals surface area contributed by atoms with E-state index in [1.807, 2.05) is 24.3 Å². The number of carbonyl (C=O) groups is 1. The number of hydrogen-bond acceptors (Lipinski definition) is 4. The SMILES string of the molecule is CC1(CNc2cccc(N3CCOC3=O)c2)COC1. The molecule has 2 aliphatic rings. The highest BCUT2D eigenvalue weighted by molar-refractivity contribution is 5.89. The number of benzene rings is 1. The highest BCUT2D eigenvalue weighted by Gasteiger charge is 2.33. The molecule has 0 unspecified atom stereocenters. The van der Waals surface area contributed by atoms with Crippen molar-refractivity contribution in [3.05, 3.63) is 24.3 Å². The average molecular weight is 262 g/mol. The highest BCUT2D eigenvalue weighted by Crippen LogP contribution is 2.28. The van der Waals surface area contributed by atoms with Gasteiger partial charge in [-0.25, -0.2) is 4.79 Å². The van der Waals surface area contributed by atoms with Crippen LogP contribution in [-0.4, -0.2) is 39.0 Å². The van der Waals surface area contributed by atoms with Crippen LogP contribution >= 0.6 is 0 Å². The maximum Gasteiger partial charge on any atom is 0.414 e. The number of nitrogens with one attached hydrogen (secondary N) is 1. The Kier molecular flexibility index (Phi) is 3.06. The van der Waals surface area contributed by atoms with Crippen LogP contribution in [0.3, 0.4) is 0 Å². The van der Waals surface area contributed by atoms with Gasteiger partial charge in [-0.3, -0.25) is 4.90 Å². The largest absolute Gasteiger partial charge is 0.447 e. The summed E-state index contributed by atoms with van der Waals surface area (Å²) in [6.45, 7) is 5.77. The van der Waals surface area contributed by atoms with Crippen molar-refractivity contribution in [3.63, 3.8) is 0 Å². The van der Waals surface area contributed by atoms with Gasteiger partial charge in [0, 0.05) is 23.3 Å². The van der Waals surface area contributed by atoms with E-state index in [0.717, 1.165) is 31.1 Å². The summed E-state index contributed by atoms with van der Waals surface area (Å²) in [6.07, 6.45) is -0.267. The van der Waals surface area contributed by atoms with E-state index < -0.39 is 0 Å². The number of ether oxygens (including phenoxy) is 2. The molecule has 0 saturated carbocycles. The van der Waals surface area contributed by atoms with E-state index in [1.165, 1.54) is 0 Å². The molecule has 1 N–H and O–H groups in total. The maximum absolute atomic E-state index is 11.5. The predicted molar refractivity (Wildman–Crippen MR) is 72.6 cm³/mol. The van der Waals surface area contributed by atoms with Crippen LogP contribution in [-0.2, 0) is 9.47 Å². The third-order valence-corrected chi connectivity index (χ3v) is 3.54. The van der Waals surface area contributed by atoms with Gasteiger partial charge in [0.25, 0.3) is 0 Å². The lowest BCUT2D eigenvalue weighted by Gasteiger charge is -2.38. The van der Waals surface area contributed by atoms with Crippen molar-refractivity contribution in [3.8, 4) is 0 Å². The Labute approximate surface area is 112 Å². The molecular formula is C14H18N2O3. The van der Waals surface area contributed by atoms with Gasteiger partial charge in [-0.05, 0) is 18.2 Å². The van der Waals surface area contributed by atoms with Crippen LogP contribution in [0.5, 0.6) is 0 Å². The van der Waals surface area contributed by atoms with Gasteiger partial charge >= 0.3 is 6.09 Å². The third-order valence-electron chi connectivity index (χ3n) is 3.54. The first-order valence-corrected chi connectivity index (χ1v) is 6.52. The van der Waals surface area contributed by atoms with E-state index in [1.54, 1.807) is 4.90 Å². The average Bonchev–Trinajstić information content (AvgIpc) is 2.81. The molecule has 1 aromatic carbocycles. The van der Waals surface area contributed by atoms with Gasteiger partial charge in [0.15, 0.2) is 0 Å². The molecule has 1 amide bonds. The first-order valence-electron chi connectivity index (χ1n) is 6.52. The van der Waals surface area contributed by atoms with Crippen molar-refractivity contribution >= 4 is 17.5 Å². The number of carbonyl (C=O) groups excluding carboxylic acids is 1. The van der Waals surface area contributed by atoms with Crippen molar-refractivity contribution < 1.29 is 14.3 Å². The molecule has 1 aromatic rings. The Balaban J connectivity index is 1.67. The second-order valence-corrected chi connectivity index (χ2v) is 5.47. The summed E-state index contributed by atoms with van der Waals surface area (Å²) >= 11 is 0. The zero-order valence-electron chi connectivity index (χ0n) is 11.0. The summed E-state index contributed by atoms with van der Waals surface area (Å²) < 4.78 is 10.2. The van der Waals surface area contributed by atoms with Crippen molar-refractivity contribution in [2.75, 3.05) is 43.1 Å². The van der Waals surface area contributed by atoms with Crippen molar-refractivity contribution in [2.45, 2.75) is 6.92 Å². The molecule has 0 atom stereocenters. The Bertz CT molecular complexity index is 485. The Morgan fingerprint density at radius 2 is 2.26 bits per heavy atom. The third kappa shape index (κ3) is 2.51. The second-order valence-electron chi connectivity index (χ2n) is 5.47. The standard InChI is InChI=1S/C14H18N2O3/c1-14(9-18-10-14)8-15-11-3-2-4-12(7-11)16-5-6-19-13(16)17/h2-4,7,15H,5-6,8-10H2,1H3. The van der Waals surface area contributed by atoms with Gasteiger partial charge in [0.1, 0.15) is 6.61 Å². The smallest absolute Gasteiger partial charge is 0.414 e. The molecule has 0 radical (unpaired) electrons. The monoisotopic (exact) mass is 262 g/mol. The van der Waals surface area contributed by atoms with Gasteiger partial charge in [0.2, 0.25) is 0 Å². The predicted octanol–water partition coefficient (Wildman–Crippen LogP) is 2.09. The fourth-order valence-electron chi connectivity index (χ4n) is 2.28. The minimum atomic E-state index is -0.267. The number of nitrogens with zero attached hydrogens (tertiary/aromatic N) is 1. The summed E-state index contributed by atoms with van der Waals surface area (Å²) in [4.78, 5) is 13.2. The Morgan fingerprint density at radius 1 is 1.42 bits per heavy atom. The molecule has 5 nitrogen and oxygen atoms in total. The number of rotatable bonds is 4. The molecular weight excluding hydrogens is 244 g/mol. The van der Waals surface area contributed by atoms with Crippen molar-refractivity contribution in [1.82, 2.24) is 0 Å². The number of cyclic esters (lactones) is 1. The fraction of sp³-hybridized carbons (Fsp3) is 0.500. The van der Waals surface area contributed by atoms with Crippen LogP contribution in [0.2, 0.25) is 0 Å². The molecule has 0 spiro atoms. The van der Waals surface area contributed by atoms with Gasteiger partial charge < -0.3 is 14.8 Å². The highest BCUT2D eigenvalue weighted by atomic mass is 16.6. The van der Waals surface area contributed by atoms with Crippen LogP contribution in [0.4, 0.5) is 16.2 Å². The zero-order valence-corrected chi connectivity index (χ0v) is 11.0. The van der Waals surface area contributed by atoms with Crippen LogP contribution < -0.4 is 10.2 Å². The van der Waals surface area contributed by atoms with E-state index >= 15 is 0 Å². The number of anilines is 2. The molecule has 2 aliphatic heterocycles. The van der Waals surface area contributed by atoms with Crippen LogP contribution in [0, 0.1) is 5.41 Å². The summed E-state index contributed by atoms with van der Waals surface area (Å²) in [5, 5.41) is 3.41. The fourth-order valence-corrected chi connectivity index (χ4v) is 2.28. The van der Waals surface area contributed by atoms with Gasteiger partial charge in [-0.15, -0.1) is 0 Å². The summed E-state index contributed by atoms with van der Waals surface area (Å²) in [5.41, 5.74) is 2.12. The molecule has 102 valence electrons. The van der Waals surface area contributed by atoms with Gasteiger partial charge in [-0.1, -0.05) is 13.0 Å². The molecule has 0 aliphatic carbocycles. The van der Waals surface area contributed by atoms with Gasteiger partial charge in [-0.2, -0.15) is 0 Å². The molecule has 0 aromatic heterocycles. The molecule has 2 saturated heterocycles. The van der Waals surface area contributed by atoms with Gasteiger partial charge in [0.05, 0.1) is 19.8 Å². The van der Waals surface area contributed by atoms with E-state index in [9.17, 15) is 4.79 Å². The lowest BCUT2D eigenvalue weighted by atomic mass is 9.89. The minimum Gasteiger partial charge on any atom is -0.447 e. The normalized spacial score (nSPS) is 20.9. The minimum absolute atomic E-state index is 0.225. The lowest BCUT2D eigenvalue weighted by Crippen LogP contribution is -2.45. The molecule has 3 rings (SSSR count). The van der Waals surface area contributed by atoms with Crippen LogP contribution in [0.1, 0.15) is 6.92 Å². The molecule has 5 heteroatoms. The van der Waals surface area contributed by atoms with Crippen LogP contribution in [0.25, 0.3) is 0 Å². The van der Waals surface area contributed by atoms with E-state index in [4.69, 9.17) is 9.47 Å². The molecule has 0 bridgehead atoms. The quantitative estimate of drug-likeness (QED) is 0.902. The van der Waals surface area contributed by atoms with E-state index in [-0.39, 0.29) is 11.5 Å². The second kappa shape index (κ2) is 4.74. The summed E-state index contributed by atoms with van der Waals surface area (Å²) in [7, 11) is 0. The molecule has 2 heterocycles. The molecule has 19 heavy (non-hydrogen) atoms. The van der Waals surface area contributed by atoms with E-state index in [0.29, 0.717) is 13.2 Å². The van der Waals surface area contributed by atoms with E-state index in [2.05, 4.69) is 12.2 Å². The summed E-state index contributed by atoms with van der Waals surface area (Å²) in [6, 6.07) is 7.86. The van der Waals surface area contributed by atoms with Crippen LogP contribution in [0.15, 0.2) is 24.3 Å². The Hall–Kier alpha value is -1.75. The van der Waals surface area contributed by atoms with Crippen molar-refractivity contribution in [2.24, 2.45) is 5.41 Å². The first kappa shape index (κ1) is 12.3. The Morgan fingerprint density at radius 3 is 2.89 bits per heavy atom. The lowest BCUT2D eigenvalue weighted by molar-refractivity contribution is -0.0924. The number of hydrogen-bond donors (Lipinski definition) is 1.